The van der Waals surface area contributed by atoms with Crippen molar-refractivity contribution in [1.29, 1.82) is 0 Å². The van der Waals surface area contributed by atoms with E-state index in [2.05, 4.69) is 32.0 Å². The summed E-state index contributed by atoms with van der Waals surface area (Å²) in [6.45, 7) is 4.67. The van der Waals surface area contributed by atoms with E-state index < -0.39 is 0 Å². The highest BCUT2D eigenvalue weighted by Gasteiger charge is 2.15. The predicted octanol–water partition coefficient (Wildman–Crippen LogP) is 0.695. The number of rotatable bonds is 5. The van der Waals surface area contributed by atoms with Gasteiger partial charge in [0.1, 0.15) is 0 Å². The van der Waals surface area contributed by atoms with Gasteiger partial charge in [-0.15, -0.1) is 0 Å². The summed E-state index contributed by atoms with van der Waals surface area (Å²) in [6, 6.07) is 1.63. The maximum Gasteiger partial charge on any atom is 0.268 e. The summed E-state index contributed by atoms with van der Waals surface area (Å²) in [5.74, 6) is 0. The van der Waals surface area contributed by atoms with E-state index in [9.17, 15) is 4.79 Å². The molecule has 2 heterocycles. The zero-order valence-corrected chi connectivity index (χ0v) is 11.6. The summed E-state index contributed by atoms with van der Waals surface area (Å²) in [7, 11) is 2.09. The molecule has 1 aliphatic rings. The molecule has 1 fully saturated rings. The average Bonchev–Trinajstić information content (AvgIpc) is 2.46. The maximum absolute atomic E-state index is 12.0. The van der Waals surface area contributed by atoms with Crippen molar-refractivity contribution < 1.29 is 0 Å². The molecule has 1 aliphatic heterocycles. The molecule has 2 rings (SSSR count). The Morgan fingerprint density at radius 2 is 2.15 bits per heavy atom. The number of azide groups is 1. The number of aryl methyl sites for hydroxylation is 1. The van der Waals surface area contributed by atoms with Crippen LogP contribution < -0.4 is 10.5 Å². The lowest BCUT2D eigenvalue weighted by Gasteiger charge is -2.33. The zero-order valence-electron chi connectivity index (χ0n) is 11.6. The van der Waals surface area contributed by atoms with Crippen LogP contribution in [0.25, 0.3) is 10.4 Å². The van der Waals surface area contributed by atoms with Crippen molar-refractivity contribution in [1.82, 2.24) is 14.7 Å². The van der Waals surface area contributed by atoms with E-state index in [1.54, 1.807) is 12.3 Å². The summed E-state index contributed by atoms with van der Waals surface area (Å²) >= 11 is 0. The van der Waals surface area contributed by atoms with Crippen LogP contribution in [0.4, 0.5) is 5.69 Å². The molecule has 0 amide bonds. The van der Waals surface area contributed by atoms with Crippen LogP contribution in [0.1, 0.15) is 6.42 Å². The van der Waals surface area contributed by atoms with Gasteiger partial charge in [0.25, 0.3) is 5.56 Å². The molecule has 20 heavy (non-hydrogen) atoms. The Hall–Kier alpha value is -2.05. The minimum absolute atomic E-state index is 0.109. The number of anilines is 1. The molecular formula is C12H19N7O. The Balaban J connectivity index is 1.98. The van der Waals surface area contributed by atoms with Gasteiger partial charge < -0.3 is 9.80 Å². The first-order chi connectivity index (χ1) is 9.70. The number of aromatic nitrogens is 2. The van der Waals surface area contributed by atoms with E-state index in [1.165, 1.54) is 4.68 Å². The Bertz CT molecular complexity index is 541. The fourth-order valence-electron chi connectivity index (χ4n) is 2.17. The van der Waals surface area contributed by atoms with E-state index in [0.717, 1.165) is 31.9 Å². The standard InChI is InChI=1S/C12H19N7O/c1-17-5-7-18(8-6-17)11-9-12(20)19(15-10-11)4-2-3-14-16-13/h9-10H,2-8H2,1H3. The normalized spacial score (nSPS) is 15.9. The van der Waals surface area contributed by atoms with Crippen molar-refractivity contribution in [2.75, 3.05) is 44.7 Å². The van der Waals surface area contributed by atoms with Crippen LogP contribution in [0.3, 0.4) is 0 Å². The minimum Gasteiger partial charge on any atom is -0.368 e. The molecule has 8 heteroatoms. The highest BCUT2D eigenvalue weighted by atomic mass is 16.1. The Labute approximate surface area is 117 Å². The first-order valence-corrected chi connectivity index (χ1v) is 6.72. The molecule has 1 aromatic rings. The highest BCUT2D eigenvalue weighted by molar-refractivity contribution is 5.43. The molecular weight excluding hydrogens is 258 g/mol. The Morgan fingerprint density at radius 1 is 1.40 bits per heavy atom. The molecule has 1 aromatic heterocycles. The Kier molecular flexibility index (Phi) is 4.97. The van der Waals surface area contributed by atoms with Crippen LogP contribution in [0.2, 0.25) is 0 Å². The quantitative estimate of drug-likeness (QED) is 0.343. The third-order valence-corrected chi connectivity index (χ3v) is 3.41. The fourth-order valence-corrected chi connectivity index (χ4v) is 2.17. The van der Waals surface area contributed by atoms with Crippen molar-refractivity contribution in [3.63, 3.8) is 0 Å². The number of hydrogen-bond donors (Lipinski definition) is 0. The fraction of sp³-hybridized carbons (Fsp3) is 0.667. The average molecular weight is 277 g/mol. The van der Waals surface area contributed by atoms with Gasteiger partial charge in [0, 0.05) is 50.2 Å². The largest absolute Gasteiger partial charge is 0.368 e. The molecule has 0 aromatic carbocycles. The molecule has 0 atom stereocenters. The van der Waals surface area contributed by atoms with Crippen molar-refractivity contribution >= 4 is 5.69 Å². The molecule has 0 unspecified atom stereocenters. The van der Waals surface area contributed by atoms with Crippen LogP contribution >= 0.6 is 0 Å². The number of hydrogen-bond acceptors (Lipinski definition) is 5. The summed E-state index contributed by atoms with van der Waals surface area (Å²) in [6.07, 6.45) is 2.35. The van der Waals surface area contributed by atoms with Gasteiger partial charge in [-0.05, 0) is 19.0 Å². The van der Waals surface area contributed by atoms with Crippen LogP contribution in [0.5, 0.6) is 0 Å². The van der Waals surface area contributed by atoms with E-state index >= 15 is 0 Å². The minimum atomic E-state index is -0.109. The molecule has 0 radical (unpaired) electrons. The summed E-state index contributed by atoms with van der Waals surface area (Å²) in [4.78, 5) is 19.1. The third kappa shape index (κ3) is 3.72. The lowest BCUT2D eigenvalue weighted by Crippen LogP contribution is -2.45. The molecule has 0 aliphatic carbocycles. The van der Waals surface area contributed by atoms with Crippen LogP contribution in [-0.2, 0) is 6.54 Å². The molecule has 108 valence electrons. The lowest BCUT2D eigenvalue weighted by atomic mass is 10.3. The topological polar surface area (TPSA) is 90.1 Å². The van der Waals surface area contributed by atoms with Gasteiger partial charge in [0.2, 0.25) is 0 Å². The van der Waals surface area contributed by atoms with Crippen LogP contribution in [0.15, 0.2) is 22.2 Å². The number of piperazine rings is 1. The van der Waals surface area contributed by atoms with Crippen LogP contribution in [0, 0.1) is 0 Å². The molecule has 0 saturated carbocycles. The van der Waals surface area contributed by atoms with E-state index in [1.807, 2.05) is 0 Å². The second kappa shape index (κ2) is 6.93. The SMILES string of the molecule is CN1CCN(c2cnn(CCCN=[N+]=[N-])c(=O)c2)CC1. The first kappa shape index (κ1) is 14.4. The van der Waals surface area contributed by atoms with Gasteiger partial charge in [0.15, 0.2) is 0 Å². The van der Waals surface area contributed by atoms with Crippen molar-refractivity contribution in [2.45, 2.75) is 13.0 Å². The van der Waals surface area contributed by atoms with E-state index in [-0.39, 0.29) is 5.56 Å². The molecule has 0 spiro atoms. The molecule has 0 bridgehead atoms. The second-order valence-corrected chi connectivity index (χ2v) is 4.87. The number of likely N-dealkylation sites (N-methyl/N-ethyl adjacent to an activating group) is 1. The van der Waals surface area contributed by atoms with Gasteiger partial charge in [-0.2, -0.15) is 5.10 Å². The predicted molar refractivity (Wildman–Crippen MR) is 76.8 cm³/mol. The highest BCUT2D eigenvalue weighted by Crippen LogP contribution is 2.12. The van der Waals surface area contributed by atoms with Crippen molar-refractivity contribution in [2.24, 2.45) is 5.11 Å². The third-order valence-electron chi connectivity index (χ3n) is 3.41. The zero-order chi connectivity index (χ0) is 14.4. The molecule has 8 nitrogen and oxygen atoms in total. The van der Waals surface area contributed by atoms with Gasteiger partial charge in [0.05, 0.1) is 11.9 Å². The smallest absolute Gasteiger partial charge is 0.268 e. The molecule has 1 saturated heterocycles. The number of nitrogens with zero attached hydrogens (tertiary/aromatic N) is 7. The Morgan fingerprint density at radius 3 is 2.80 bits per heavy atom. The second-order valence-electron chi connectivity index (χ2n) is 4.87. The van der Waals surface area contributed by atoms with Crippen molar-refractivity contribution in [3.05, 3.63) is 33.1 Å². The van der Waals surface area contributed by atoms with Crippen LogP contribution in [-0.4, -0.2) is 54.5 Å². The molecule has 0 N–H and O–H groups in total. The maximum atomic E-state index is 12.0. The summed E-state index contributed by atoms with van der Waals surface area (Å²) in [5, 5.41) is 7.62. The first-order valence-electron chi connectivity index (χ1n) is 6.72. The van der Waals surface area contributed by atoms with Gasteiger partial charge in [-0.1, -0.05) is 5.11 Å². The van der Waals surface area contributed by atoms with Gasteiger partial charge >= 0.3 is 0 Å². The van der Waals surface area contributed by atoms with Gasteiger partial charge in [-0.25, -0.2) is 4.68 Å². The van der Waals surface area contributed by atoms with Gasteiger partial charge in [-0.3, -0.25) is 4.79 Å². The summed E-state index contributed by atoms with van der Waals surface area (Å²) in [5.41, 5.74) is 8.96. The van der Waals surface area contributed by atoms with E-state index in [0.29, 0.717) is 19.5 Å². The van der Waals surface area contributed by atoms with E-state index in [4.69, 9.17) is 5.53 Å². The lowest BCUT2D eigenvalue weighted by molar-refractivity contribution is 0.312. The monoisotopic (exact) mass is 277 g/mol. The summed E-state index contributed by atoms with van der Waals surface area (Å²) < 4.78 is 1.41. The van der Waals surface area contributed by atoms with Crippen molar-refractivity contribution in [3.8, 4) is 0 Å².